The molecule has 0 spiro atoms. The molecule has 1 amide bonds. The second-order valence-electron chi connectivity index (χ2n) is 5.40. The topological polar surface area (TPSA) is 56.1 Å². The van der Waals surface area contributed by atoms with Crippen molar-refractivity contribution in [1.29, 1.82) is 0 Å². The zero-order valence-corrected chi connectivity index (χ0v) is 13.6. The number of methoxy groups -OCH3 is 1. The highest BCUT2D eigenvalue weighted by Crippen LogP contribution is 2.13. The monoisotopic (exact) mass is 301 g/mol. The van der Waals surface area contributed by atoms with Crippen molar-refractivity contribution in [3.8, 4) is 5.75 Å². The number of hydrogen-bond donors (Lipinski definition) is 1. The molecule has 1 aromatic carbocycles. The maximum absolute atomic E-state index is 12.0. The van der Waals surface area contributed by atoms with Crippen LogP contribution < -0.4 is 10.1 Å². The number of carbonyl (C=O) groups excluding carboxylic acids is 1. The van der Waals surface area contributed by atoms with Crippen LogP contribution in [0.2, 0.25) is 0 Å². The van der Waals surface area contributed by atoms with Crippen LogP contribution in [0.15, 0.2) is 24.3 Å². The first-order valence-electron chi connectivity index (χ1n) is 7.41. The molecule has 118 valence electrons. The van der Waals surface area contributed by atoms with E-state index in [1.807, 2.05) is 42.8 Å². The van der Waals surface area contributed by atoms with Gasteiger partial charge in [0.1, 0.15) is 5.75 Å². The van der Waals surface area contributed by atoms with Gasteiger partial charge in [-0.25, -0.2) is 0 Å². The van der Waals surface area contributed by atoms with Gasteiger partial charge in [0.25, 0.3) is 0 Å². The van der Waals surface area contributed by atoms with E-state index in [-0.39, 0.29) is 5.91 Å². The van der Waals surface area contributed by atoms with Crippen molar-refractivity contribution >= 4 is 5.91 Å². The molecule has 0 bridgehead atoms. The Hall–Kier alpha value is -2.30. The summed E-state index contributed by atoms with van der Waals surface area (Å²) in [6.45, 7) is 7.37. The Kier molecular flexibility index (Phi) is 5.20. The molecule has 0 aliphatic carbocycles. The van der Waals surface area contributed by atoms with E-state index in [9.17, 15) is 4.79 Å². The van der Waals surface area contributed by atoms with Crippen LogP contribution in [0.5, 0.6) is 5.75 Å². The zero-order chi connectivity index (χ0) is 16.1. The lowest BCUT2D eigenvalue weighted by molar-refractivity contribution is -0.120. The van der Waals surface area contributed by atoms with Crippen LogP contribution in [0.1, 0.15) is 22.5 Å². The lowest BCUT2D eigenvalue weighted by atomic mass is 10.1. The number of aromatic nitrogens is 2. The van der Waals surface area contributed by atoms with E-state index < -0.39 is 0 Å². The van der Waals surface area contributed by atoms with E-state index in [0.29, 0.717) is 19.5 Å². The van der Waals surface area contributed by atoms with E-state index >= 15 is 0 Å². The molecular weight excluding hydrogens is 278 g/mol. The van der Waals surface area contributed by atoms with Crippen LogP contribution in [-0.2, 0) is 17.8 Å². The molecule has 0 radical (unpaired) electrons. The fourth-order valence-corrected chi connectivity index (χ4v) is 2.34. The summed E-state index contributed by atoms with van der Waals surface area (Å²) in [5.41, 5.74) is 4.35. The van der Waals surface area contributed by atoms with Crippen molar-refractivity contribution in [2.45, 2.75) is 33.7 Å². The Labute approximate surface area is 131 Å². The summed E-state index contributed by atoms with van der Waals surface area (Å²) in [4.78, 5) is 12.0. The molecule has 2 aromatic rings. The Bertz CT molecular complexity index is 662. The highest BCUT2D eigenvalue weighted by molar-refractivity contribution is 5.78. The average Bonchev–Trinajstić information content (AvgIpc) is 2.75. The van der Waals surface area contributed by atoms with Crippen LogP contribution in [0, 0.1) is 20.8 Å². The minimum Gasteiger partial charge on any atom is -0.497 e. The molecule has 0 unspecified atom stereocenters. The standard InChI is InChI=1S/C17H23N3O2/c1-12-13(2)19-20(14(12)3)9-8-18-17(21)11-15-6-5-7-16(10-15)22-4/h5-7,10H,8-9,11H2,1-4H3,(H,18,21). The Morgan fingerprint density at radius 2 is 2.09 bits per heavy atom. The highest BCUT2D eigenvalue weighted by Gasteiger charge is 2.08. The highest BCUT2D eigenvalue weighted by atomic mass is 16.5. The number of amides is 1. The molecule has 0 atom stereocenters. The normalized spacial score (nSPS) is 10.5. The average molecular weight is 301 g/mol. The SMILES string of the molecule is COc1cccc(CC(=O)NCCn2nc(C)c(C)c2C)c1. The van der Waals surface area contributed by atoms with Gasteiger partial charge in [-0.2, -0.15) is 5.10 Å². The van der Waals surface area contributed by atoms with Crippen LogP contribution in [0.3, 0.4) is 0 Å². The number of nitrogens with zero attached hydrogens (tertiary/aromatic N) is 2. The molecule has 5 nitrogen and oxygen atoms in total. The molecule has 1 heterocycles. The summed E-state index contributed by atoms with van der Waals surface area (Å²) in [5.74, 6) is 0.773. The lowest BCUT2D eigenvalue weighted by Gasteiger charge is -2.08. The van der Waals surface area contributed by atoms with Crippen molar-refractivity contribution in [2.24, 2.45) is 0 Å². The number of carbonyl (C=O) groups is 1. The summed E-state index contributed by atoms with van der Waals surface area (Å²) in [7, 11) is 1.62. The fraction of sp³-hybridized carbons (Fsp3) is 0.412. The third kappa shape index (κ3) is 3.87. The number of ether oxygens (including phenoxy) is 1. The number of benzene rings is 1. The van der Waals surface area contributed by atoms with Crippen molar-refractivity contribution in [2.75, 3.05) is 13.7 Å². The summed E-state index contributed by atoms with van der Waals surface area (Å²) in [6.07, 6.45) is 0.355. The summed E-state index contributed by atoms with van der Waals surface area (Å²) >= 11 is 0. The van der Waals surface area contributed by atoms with Crippen molar-refractivity contribution in [1.82, 2.24) is 15.1 Å². The summed E-state index contributed by atoms with van der Waals surface area (Å²) < 4.78 is 7.10. The van der Waals surface area contributed by atoms with Gasteiger partial charge in [0.05, 0.1) is 25.8 Å². The van der Waals surface area contributed by atoms with E-state index in [4.69, 9.17) is 4.74 Å². The number of rotatable bonds is 6. The van der Waals surface area contributed by atoms with Crippen molar-refractivity contribution in [3.05, 3.63) is 46.8 Å². The maximum Gasteiger partial charge on any atom is 0.224 e. The molecule has 5 heteroatoms. The third-order valence-corrected chi connectivity index (χ3v) is 3.89. The molecule has 0 aliphatic heterocycles. The predicted octanol–water partition coefficient (Wildman–Crippen LogP) is 2.18. The van der Waals surface area contributed by atoms with Gasteiger partial charge in [0.2, 0.25) is 5.91 Å². The Balaban J connectivity index is 1.83. The second kappa shape index (κ2) is 7.11. The smallest absolute Gasteiger partial charge is 0.224 e. The van der Waals surface area contributed by atoms with Gasteiger partial charge in [0, 0.05) is 12.2 Å². The van der Waals surface area contributed by atoms with Crippen molar-refractivity contribution in [3.63, 3.8) is 0 Å². The van der Waals surface area contributed by atoms with Crippen LogP contribution in [0.4, 0.5) is 0 Å². The van der Waals surface area contributed by atoms with Crippen LogP contribution in [-0.4, -0.2) is 29.3 Å². The molecule has 0 saturated carbocycles. The first kappa shape index (κ1) is 16.1. The van der Waals surface area contributed by atoms with E-state index in [2.05, 4.69) is 17.3 Å². The largest absolute Gasteiger partial charge is 0.497 e. The first-order valence-corrected chi connectivity index (χ1v) is 7.41. The summed E-state index contributed by atoms with van der Waals surface area (Å²) in [5, 5.41) is 7.39. The second-order valence-corrected chi connectivity index (χ2v) is 5.40. The zero-order valence-electron chi connectivity index (χ0n) is 13.6. The number of aryl methyl sites for hydroxylation is 1. The molecule has 0 fully saturated rings. The fourth-order valence-electron chi connectivity index (χ4n) is 2.34. The molecule has 0 aliphatic rings. The Morgan fingerprint density at radius 3 is 2.73 bits per heavy atom. The van der Waals surface area contributed by atoms with Gasteiger partial charge in [-0.3, -0.25) is 9.48 Å². The summed E-state index contributed by atoms with van der Waals surface area (Å²) in [6, 6.07) is 7.56. The molecule has 1 aromatic heterocycles. The van der Waals surface area contributed by atoms with Gasteiger partial charge in [-0.15, -0.1) is 0 Å². The molecular formula is C17H23N3O2. The molecule has 22 heavy (non-hydrogen) atoms. The van der Waals surface area contributed by atoms with Crippen LogP contribution in [0.25, 0.3) is 0 Å². The van der Waals surface area contributed by atoms with Gasteiger partial charge < -0.3 is 10.1 Å². The van der Waals surface area contributed by atoms with Crippen LogP contribution >= 0.6 is 0 Å². The molecule has 2 rings (SSSR count). The van der Waals surface area contributed by atoms with Gasteiger partial charge >= 0.3 is 0 Å². The maximum atomic E-state index is 12.0. The minimum absolute atomic E-state index is 0.00602. The van der Waals surface area contributed by atoms with E-state index in [1.54, 1.807) is 7.11 Å². The molecule has 0 saturated heterocycles. The van der Waals surface area contributed by atoms with E-state index in [1.165, 1.54) is 5.56 Å². The molecule has 1 N–H and O–H groups in total. The number of nitrogens with one attached hydrogen (secondary N) is 1. The predicted molar refractivity (Wildman–Crippen MR) is 86.1 cm³/mol. The number of hydrogen-bond acceptors (Lipinski definition) is 3. The van der Waals surface area contributed by atoms with Crippen molar-refractivity contribution < 1.29 is 9.53 Å². The minimum atomic E-state index is 0.00602. The van der Waals surface area contributed by atoms with Gasteiger partial charge in [-0.1, -0.05) is 12.1 Å². The quantitative estimate of drug-likeness (QED) is 0.889. The third-order valence-electron chi connectivity index (χ3n) is 3.89. The lowest BCUT2D eigenvalue weighted by Crippen LogP contribution is -2.29. The van der Waals surface area contributed by atoms with Gasteiger partial charge in [-0.05, 0) is 44.0 Å². The first-order chi connectivity index (χ1) is 10.5. The van der Waals surface area contributed by atoms with E-state index in [0.717, 1.165) is 22.7 Å². The van der Waals surface area contributed by atoms with Gasteiger partial charge in [0.15, 0.2) is 0 Å². The Morgan fingerprint density at radius 1 is 1.32 bits per heavy atom.